The summed E-state index contributed by atoms with van der Waals surface area (Å²) in [7, 11) is 0. The number of nitrogens with one attached hydrogen (secondary N) is 2. The molecule has 2 amide bonds. The Bertz CT molecular complexity index is 465. The Kier molecular flexibility index (Phi) is 4.98. The Hall–Kier alpha value is -2.04. The molecule has 0 unspecified atom stereocenters. The molecular weight excluding hydrogens is 256 g/mol. The highest BCUT2D eigenvalue weighted by molar-refractivity contribution is 5.92. The molecule has 1 aromatic carbocycles. The first-order valence-corrected chi connectivity index (χ1v) is 7.03. The molecule has 0 saturated heterocycles. The summed E-state index contributed by atoms with van der Waals surface area (Å²) in [6, 6.07) is 6.77. The maximum Gasteiger partial charge on any atom is 0.338 e. The Labute approximate surface area is 118 Å². The molecule has 5 heteroatoms. The van der Waals surface area contributed by atoms with E-state index in [1.807, 2.05) is 0 Å². The van der Waals surface area contributed by atoms with E-state index in [0.717, 1.165) is 12.8 Å². The van der Waals surface area contributed by atoms with Gasteiger partial charge in [0.05, 0.1) is 12.2 Å². The zero-order chi connectivity index (χ0) is 14.4. The number of benzene rings is 1. The Morgan fingerprint density at radius 2 is 1.85 bits per heavy atom. The highest BCUT2D eigenvalue weighted by Crippen LogP contribution is 2.18. The fourth-order valence-electron chi connectivity index (χ4n) is 2.33. The van der Waals surface area contributed by atoms with Crippen LogP contribution < -0.4 is 10.6 Å². The van der Waals surface area contributed by atoms with Crippen LogP contribution in [0.25, 0.3) is 0 Å². The predicted octanol–water partition coefficient (Wildman–Crippen LogP) is 2.93. The van der Waals surface area contributed by atoms with Gasteiger partial charge in [-0.25, -0.2) is 9.59 Å². The summed E-state index contributed by atoms with van der Waals surface area (Å²) in [6.45, 7) is 2.11. The minimum Gasteiger partial charge on any atom is -0.462 e. The lowest BCUT2D eigenvalue weighted by Crippen LogP contribution is -2.36. The van der Waals surface area contributed by atoms with Gasteiger partial charge in [0.1, 0.15) is 0 Å². The van der Waals surface area contributed by atoms with E-state index in [1.165, 1.54) is 12.8 Å². The number of hydrogen-bond donors (Lipinski definition) is 2. The number of hydrogen-bond acceptors (Lipinski definition) is 3. The van der Waals surface area contributed by atoms with Gasteiger partial charge in [0, 0.05) is 11.7 Å². The number of urea groups is 1. The third kappa shape index (κ3) is 3.98. The molecule has 5 nitrogen and oxygen atoms in total. The van der Waals surface area contributed by atoms with Crippen LogP contribution in [0.4, 0.5) is 10.5 Å². The highest BCUT2D eigenvalue weighted by atomic mass is 16.5. The van der Waals surface area contributed by atoms with Crippen molar-refractivity contribution in [2.24, 2.45) is 0 Å². The predicted molar refractivity (Wildman–Crippen MR) is 76.8 cm³/mol. The van der Waals surface area contributed by atoms with Gasteiger partial charge >= 0.3 is 12.0 Å². The molecule has 2 rings (SSSR count). The van der Waals surface area contributed by atoms with Gasteiger partial charge in [0.25, 0.3) is 0 Å². The summed E-state index contributed by atoms with van der Waals surface area (Å²) in [4.78, 5) is 23.3. The number of carbonyl (C=O) groups excluding carboxylic acids is 2. The molecule has 0 spiro atoms. The van der Waals surface area contributed by atoms with E-state index in [4.69, 9.17) is 4.74 Å². The number of carbonyl (C=O) groups is 2. The van der Waals surface area contributed by atoms with E-state index in [1.54, 1.807) is 31.2 Å². The molecule has 0 aromatic heterocycles. The van der Waals surface area contributed by atoms with E-state index < -0.39 is 0 Å². The molecule has 0 bridgehead atoms. The van der Waals surface area contributed by atoms with Crippen molar-refractivity contribution in [2.75, 3.05) is 11.9 Å². The van der Waals surface area contributed by atoms with Gasteiger partial charge in [-0.15, -0.1) is 0 Å². The average Bonchev–Trinajstić information content (AvgIpc) is 2.92. The fourth-order valence-corrected chi connectivity index (χ4v) is 2.33. The monoisotopic (exact) mass is 276 g/mol. The van der Waals surface area contributed by atoms with Gasteiger partial charge in [0.2, 0.25) is 0 Å². The van der Waals surface area contributed by atoms with Crippen molar-refractivity contribution in [1.29, 1.82) is 0 Å². The number of ether oxygens (including phenoxy) is 1. The first kappa shape index (κ1) is 14.4. The Morgan fingerprint density at radius 3 is 2.45 bits per heavy atom. The van der Waals surface area contributed by atoms with Gasteiger partial charge in [-0.1, -0.05) is 12.8 Å². The van der Waals surface area contributed by atoms with E-state index >= 15 is 0 Å². The van der Waals surface area contributed by atoms with E-state index in [9.17, 15) is 9.59 Å². The van der Waals surface area contributed by atoms with Crippen LogP contribution in [0.1, 0.15) is 43.0 Å². The summed E-state index contributed by atoms with van der Waals surface area (Å²) in [5.41, 5.74) is 1.14. The summed E-state index contributed by atoms with van der Waals surface area (Å²) in [5.74, 6) is -0.352. The first-order chi connectivity index (χ1) is 9.69. The van der Waals surface area contributed by atoms with Crippen LogP contribution in [-0.2, 0) is 4.74 Å². The molecule has 1 fully saturated rings. The summed E-state index contributed by atoms with van der Waals surface area (Å²) < 4.78 is 4.90. The molecule has 1 saturated carbocycles. The van der Waals surface area contributed by atoms with Gasteiger partial charge in [0.15, 0.2) is 0 Å². The zero-order valence-electron chi connectivity index (χ0n) is 11.6. The molecule has 0 radical (unpaired) electrons. The minimum absolute atomic E-state index is 0.194. The molecule has 1 aliphatic carbocycles. The summed E-state index contributed by atoms with van der Waals surface area (Å²) in [6.07, 6.45) is 4.46. The van der Waals surface area contributed by atoms with Crippen molar-refractivity contribution in [3.8, 4) is 0 Å². The fraction of sp³-hybridized carbons (Fsp3) is 0.467. The van der Waals surface area contributed by atoms with Crippen LogP contribution in [0.2, 0.25) is 0 Å². The lowest BCUT2D eigenvalue weighted by atomic mass is 10.2. The lowest BCUT2D eigenvalue weighted by Gasteiger charge is -2.13. The number of anilines is 1. The van der Waals surface area contributed by atoms with Crippen LogP contribution in [0.15, 0.2) is 24.3 Å². The number of amides is 2. The van der Waals surface area contributed by atoms with Crippen molar-refractivity contribution >= 4 is 17.7 Å². The minimum atomic E-state index is -0.352. The van der Waals surface area contributed by atoms with Crippen molar-refractivity contribution in [2.45, 2.75) is 38.6 Å². The molecule has 1 aromatic rings. The number of esters is 1. The third-order valence-electron chi connectivity index (χ3n) is 3.34. The van der Waals surface area contributed by atoms with Crippen LogP contribution in [0.5, 0.6) is 0 Å². The molecular formula is C15H20N2O3. The smallest absolute Gasteiger partial charge is 0.338 e. The van der Waals surface area contributed by atoms with Crippen molar-refractivity contribution in [3.63, 3.8) is 0 Å². The first-order valence-electron chi connectivity index (χ1n) is 7.03. The average molecular weight is 276 g/mol. The Balaban J connectivity index is 1.86. The second-order valence-corrected chi connectivity index (χ2v) is 4.88. The number of rotatable bonds is 4. The lowest BCUT2D eigenvalue weighted by molar-refractivity contribution is 0.0526. The second kappa shape index (κ2) is 6.93. The van der Waals surface area contributed by atoms with E-state index in [-0.39, 0.29) is 18.0 Å². The molecule has 20 heavy (non-hydrogen) atoms. The van der Waals surface area contributed by atoms with Gasteiger partial charge in [-0.05, 0) is 44.0 Å². The zero-order valence-corrected chi connectivity index (χ0v) is 11.6. The molecule has 0 heterocycles. The summed E-state index contributed by atoms with van der Waals surface area (Å²) in [5, 5.41) is 5.71. The van der Waals surface area contributed by atoms with Crippen LogP contribution >= 0.6 is 0 Å². The SMILES string of the molecule is CCOC(=O)c1ccc(NC(=O)NC2CCCC2)cc1. The van der Waals surface area contributed by atoms with Crippen molar-refractivity contribution < 1.29 is 14.3 Å². The maximum absolute atomic E-state index is 11.8. The molecule has 0 aliphatic heterocycles. The van der Waals surface area contributed by atoms with Crippen LogP contribution in [0, 0.1) is 0 Å². The highest BCUT2D eigenvalue weighted by Gasteiger charge is 2.17. The standard InChI is InChI=1S/C15H20N2O3/c1-2-20-14(18)11-7-9-13(10-8-11)17-15(19)16-12-5-3-4-6-12/h7-10,12H,2-6H2,1H3,(H2,16,17,19). The van der Waals surface area contributed by atoms with E-state index in [0.29, 0.717) is 17.9 Å². The van der Waals surface area contributed by atoms with Crippen molar-refractivity contribution in [1.82, 2.24) is 5.32 Å². The second-order valence-electron chi connectivity index (χ2n) is 4.88. The van der Waals surface area contributed by atoms with Crippen molar-refractivity contribution in [3.05, 3.63) is 29.8 Å². The quantitative estimate of drug-likeness (QED) is 0.831. The van der Waals surface area contributed by atoms with E-state index in [2.05, 4.69) is 10.6 Å². The molecule has 0 atom stereocenters. The largest absolute Gasteiger partial charge is 0.462 e. The molecule has 1 aliphatic rings. The topological polar surface area (TPSA) is 67.4 Å². The summed E-state index contributed by atoms with van der Waals surface area (Å²) >= 11 is 0. The third-order valence-corrected chi connectivity index (χ3v) is 3.34. The maximum atomic E-state index is 11.8. The van der Waals surface area contributed by atoms with Crippen LogP contribution in [-0.4, -0.2) is 24.6 Å². The van der Waals surface area contributed by atoms with Gasteiger partial charge in [-0.3, -0.25) is 0 Å². The molecule has 108 valence electrons. The normalized spacial score (nSPS) is 14.8. The van der Waals surface area contributed by atoms with Gasteiger partial charge < -0.3 is 15.4 Å². The Morgan fingerprint density at radius 1 is 1.20 bits per heavy atom. The van der Waals surface area contributed by atoms with Crippen LogP contribution in [0.3, 0.4) is 0 Å². The molecule has 2 N–H and O–H groups in total. The van der Waals surface area contributed by atoms with Gasteiger partial charge in [-0.2, -0.15) is 0 Å².